The molecule has 0 aliphatic carbocycles. The topological polar surface area (TPSA) is 258 Å². The molecule has 0 bridgehead atoms. The van der Waals surface area contributed by atoms with E-state index in [-0.39, 0.29) is 37.5 Å². The van der Waals surface area contributed by atoms with Crippen LogP contribution < -0.4 is 38.9 Å². The first-order chi connectivity index (χ1) is 17.4. The molecule has 4 unspecified atom stereocenters. The lowest BCUT2D eigenvalue weighted by molar-refractivity contribution is -0.143. The van der Waals surface area contributed by atoms with Gasteiger partial charge in [-0.15, -0.1) is 0 Å². The van der Waals surface area contributed by atoms with Crippen LogP contribution in [-0.4, -0.2) is 77.1 Å². The number of benzene rings is 1. The van der Waals surface area contributed by atoms with Crippen molar-refractivity contribution < 1.29 is 29.1 Å². The van der Waals surface area contributed by atoms with Crippen molar-refractivity contribution in [1.82, 2.24) is 16.0 Å². The van der Waals surface area contributed by atoms with Gasteiger partial charge in [0.1, 0.15) is 18.1 Å². The Morgan fingerprint density at radius 3 is 2.00 bits per heavy atom. The van der Waals surface area contributed by atoms with Gasteiger partial charge in [-0.25, -0.2) is 4.79 Å². The number of carbonyl (C=O) groups excluding carboxylic acids is 4. The maximum atomic E-state index is 12.9. The lowest BCUT2D eigenvalue weighted by Crippen LogP contribution is -2.58. The number of carboxylic acids is 1. The Morgan fingerprint density at radius 1 is 0.892 bits per heavy atom. The van der Waals surface area contributed by atoms with Crippen LogP contribution in [0, 0.1) is 0 Å². The van der Waals surface area contributed by atoms with Gasteiger partial charge in [0.15, 0.2) is 5.96 Å². The number of amides is 4. The first-order valence-electron chi connectivity index (χ1n) is 11.3. The largest absolute Gasteiger partial charge is 0.480 e. The summed E-state index contributed by atoms with van der Waals surface area (Å²) >= 11 is 4.11. The second-order valence-electron chi connectivity index (χ2n) is 8.12. The molecule has 1 rings (SSSR count). The number of aliphatic carboxylic acids is 1. The van der Waals surface area contributed by atoms with Gasteiger partial charge in [0, 0.05) is 12.3 Å². The van der Waals surface area contributed by atoms with Crippen LogP contribution in [-0.2, 0) is 30.4 Å². The minimum Gasteiger partial charge on any atom is -0.480 e. The summed E-state index contributed by atoms with van der Waals surface area (Å²) in [5, 5.41) is 16.4. The molecule has 0 radical (unpaired) electrons. The molecule has 37 heavy (non-hydrogen) atoms. The molecule has 15 heteroatoms. The number of nitrogens with two attached hydrogens (primary N) is 4. The summed E-state index contributed by atoms with van der Waals surface area (Å²) in [6, 6.07) is 4.13. The minimum absolute atomic E-state index is 0.0119. The van der Waals surface area contributed by atoms with Gasteiger partial charge in [0.25, 0.3) is 0 Å². The summed E-state index contributed by atoms with van der Waals surface area (Å²) in [5.41, 5.74) is 22.4. The summed E-state index contributed by atoms with van der Waals surface area (Å²) in [7, 11) is 0. The third-order valence-corrected chi connectivity index (χ3v) is 5.41. The highest BCUT2D eigenvalue weighted by atomic mass is 32.1. The maximum absolute atomic E-state index is 12.9. The van der Waals surface area contributed by atoms with Crippen LogP contribution in [0.15, 0.2) is 35.3 Å². The van der Waals surface area contributed by atoms with Gasteiger partial charge in [-0.05, 0) is 24.8 Å². The van der Waals surface area contributed by atoms with Crippen molar-refractivity contribution in [2.45, 2.75) is 49.9 Å². The summed E-state index contributed by atoms with van der Waals surface area (Å²) < 4.78 is 0. The van der Waals surface area contributed by atoms with Crippen molar-refractivity contribution in [1.29, 1.82) is 0 Å². The number of nitrogens with zero attached hydrogens (tertiary/aromatic N) is 1. The number of primary amides is 1. The number of carbonyl (C=O) groups is 5. The van der Waals surface area contributed by atoms with E-state index in [2.05, 4.69) is 33.6 Å². The second kappa shape index (κ2) is 16.0. The normalized spacial score (nSPS) is 13.8. The lowest BCUT2D eigenvalue weighted by Gasteiger charge is -2.24. The molecule has 1 aromatic carbocycles. The Morgan fingerprint density at radius 2 is 1.46 bits per heavy atom. The molecule has 204 valence electrons. The Hall–Kier alpha value is -3.85. The standard InChI is InChI=1S/C22H34N8O6S/c23-13(9-12-5-2-1-3-6-12)18(32)30-16(11-37)20(34)28-14(7-4-8-27-22(25)26)19(33)29-15(21(35)36)10-17(24)31/h1-3,5-6,13-16,37H,4,7-11,23H2,(H2,24,31)(H,28,34)(H,29,33)(H,30,32)(H,35,36)(H4,25,26,27). The fourth-order valence-electron chi connectivity index (χ4n) is 3.15. The molecule has 0 spiro atoms. The van der Waals surface area contributed by atoms with Gasteiger partial charge < -0.3 is 44.0 Å². The zero-order valence-electron chi connectivity index (χ0n) is 20.1. The summed E-state index contributed by atoms with van der Waals surface area (Å²) in [5.74, 6) is -4.93. The highest BCUT2D eigenvalue weighted by Gasteiger charge is 2.30. The summed E-state index contributed by atoms with van der Waals surface area (Å²) in [6.45, 7) is 0.132. The maximum Gasteiger partial charge on any atom is 0.326 e. The Balaban J connectivity index is 2.90. The first kappa shape index (κ1) is 31.2. The van der Waals surface area contributed by atoms with Crippen LogP contribution in [0.1, 0.15) is 24.8 Å². The molecule has 4 atom stereocenters. The van der Waals surface area contributed by atoms with Crippen molar-refractivity contribution in [2.75, 3.05) is 12.3 Å². The fraction of sp³-hybridized carbons (Fsp3) is 0.455. The average molecular weight is 539 g/mol. The van der Waals surface area contributed by atoms with Gasteiger partial charge >= 0.3 is 5.97 Å². The van der Waals surface area contributed by atoms with E-state index < -0.39 is 60.2 Å². The Bertz CT molecular complexity index is 973. The quantitative estimate of drug-likeness (QED) is 0.0447. The summed E-state index contributed by atoms with van der Waals surface area (Å²) in [4.78, 5) is 64.6. The van der Waals surface area contributed by atoms with E-state index in [9.17, 15) is 29.1 Å². The van der Waals surface area contributed by atoms with E-state index in [0.29, 0.717) is 0 Å². The number of hydrogen-bond acceptors (Lipinski definition) is 8. The van der Waals surface area contributed by atoms with Crippen LogP contribution in [0.25, 0.3) is 0 Å². The number of thiol groups is 1. The second-order valence-corrected chi connectivity index (χ2v) is 8.48. The zero-order chi connectivity index (χ0) is 28.0. The molecular formula is C22H34N8O6S. The van der Waals surface area contributed by atoms with E-state index in [1.165, 1.54) is 0 Å². The third-order valence-electron chi connectivity index (χ3n) is 5.05. The van der Waals surface area contributed by atoms with E-state index in [0.717, 1.165) is 5.56 Å². The van der Waals surface area contributed by atoms with Crippen LogP contribution in [0.5, 0.6) is 0 Å². The molecule has 0 aliphatic rings. The molecular weight excluding hydrogens is 504 g/mol. The number of carboxylic acid groups (broad SMARTS) is 1. The molecule has 1 aromatic rings. The summed E-state index contributed by atoms with van der Waals surface area (Å²) in [6.07, 6.45) is -0.161. The molecule has 12 N–H and O–H groups in total. The van der Waals surface area contributed by atoms with Gasteiger partial charge in [-0.3, -0.25) is 24.2 Å². The number of guanidine groups is 1. The minimum atomic E-state index is -1.60. The van der Waals surface area contributed by atoms with Crippen molar-refractivity contribution in [3.05, 3.63) is 35.9 Å². The number of hydrogen-bond donors (Lipinski definition) is 9. The number of aliphatic imine (C=N–C) groups is 1. The zero-order valence-corrected chi connectivity index (χ0v) is 21.0. The smallest absolute Gasteiger partial charge is 0.326 e. The predicted octanol–water partition coefficient (Wildman–Crippen LogP) is -3.05. The fourth-order valence-corrected chi connectivity index (χ4v) is 3.41. The van der Waals surface area contributed by atoms with Gasteiger partial charge in [0.05, 0.1) is 12.5 Å². The van der Waals surface area contributed by atoms with Crippen molar-refractivity contribution in [2.24, 2.45) is 27.9 Å². The van der Waals surface area contributed by atoms with E-state index in [1.807, 2.05) is 18.2 Å². The predicted molar refractivity (Wildman–Crippen MR) is 139 cm³/mol. The van der Waals surface area contributed by atoms with Crippen LogP contribution >= 0.6 is 12.6 Å². The molecule has 0 aromatic heterocycles. The molecule has 0 fully saturated rings. The monoisotopic (exact) mass is 538 g/mol. The first-order valence-corrected chi connectivity index (χ1v) is 12.0. The van der Waals surface area contributed by atoms with Crippen molar-refractivity contribution in [3.63, 3.8) is 0 Å². The number of rotatable bonds is 16. The molecule has 0 saturated carbocycles. The Kier molecular flexibility index (Phi) is 13.5. The SMILES string of the molecule is NC(=O)CC(NC(=O)C(CCCN=C(N)N)NC(=O)C(CS)NC(=O)C(N)Cc1ccccc1)C(=O)O. The Labute approximate surface area is 219 Å². The van der Waals surface area contributed by atoms with E-state index in [1.54, 1.807) is 12.1 Å². The van der Waals surface area contributed by atoms with Crippen molar-refractivity contribution >= 4 is 48.2 Å². The van der Waals surface area contributed by atoms with Crippen LogP contribution in [0.4, 0.5) is 0 Å². The van der Waals surface area contributed by atoms with Crippen LogP contribution in [0.2, 0.25) is 0 Å². The highest BCUT2D eigenvalue weighted by molar-refractivity contribution is 7.80. The van der Waals surface area contributed by atoms with Gasteiger partial charge in [-0.2, -0.15) is 12.6 Å². The molecule has 0 aliphatic heterocycles. The lowest BCUT2D eigenvalue weighted by atomic mass is 10.1. The molecule has 0 saturated heterocycles. The van der Waals surface area contributed by atoms with E-state index in [4.69, 9.17) is 22.9 Å². The third kappa shape index (κ3) is 12.1. The molecule has 14 nitrogen and oxygen atoms in total. The number of nitrogens with one attached hydrogen (secondary N) is 3. The van der Waals surface area contributed by atoms with Gasteiger partial charge in [0.2, 0.25) is 23.6 Å². The molecule has 0 heterocycles. The average Bonchev–Trinajstić information content (AvgIpc) is 2.83. The van der Waals surface area contributed by atoms with Gasteiger partial charge in [-0.1, -0.05) is 30.3 Å². The molecule has 4 amide bonds. The van der Waals surface area contributed by atoms with Crippen molar-refractivity contribution in [3.8, 4) is 0 Å². The van der Waals surface area contributed by atoms with E-state index >= 15 is 0 Å². The van der Waals surface area contributed by atoms with Crippen LogP contribution in [0.3, 0.4) is 0 Å². The highest BCUT2D eigenvalue weighted by Crippen LogP contribution is 2.05.